The van der Waals surface area contributed by atoms with E-state index in [0.29, 0.717) is 12.1 Å². The zero-order valence-corrected chi connectivity index (χ0v) is 22.7. The van der Waals surface area contributed by atoms with Gasteiger partial charge in [-0.1, -0.05) is 60.7 Å². The van der Waals surface area contributed by atoms with Crippen molar-refractivity contribution < 1.29 is 42.0 Å². The van der Waals surface area contributed by atoms with Crippen molar-refractivity contribution in [2.75, 3.05) is 27.2 Å². The Morgan fingerprint density at radius 1 is 0.829 bits per heavy atom. The first-order valence-electron chi connectivity index (χ1n) is 11.1. The molecular formula is C24H30F4N4O2Zn. The van der Waals surface area contributed by atoms with Crippen molar-refractivity contribution in [3.63, 3.8) is 0 Å². The number of likely N-dealkylation sites (tertiary alicyclic amines) is 2. The maximum Gasteiger partial charge on any atom is 0.254 e. The van der Waals surface area contributed by atoms with Crippen LogP contribution in [0.5, 0.6) is 0 Å². The van der Waals surface area contributed by atoms with Crippen molar-refractivity contribution >= 4 is 0 Å². The summed E-state index contributed by atoms with van der Waals surface area (Å²) >= 11 is 0. The van der Waals surface area contributed by atoms with E-state index in [2.05, 4.69) is 0 Å². The number of halogens is 4. The zero-order chi connectivity index (χ0) is 25.0. The predicted octanol–water partition coefficient (Wildman–Crippen LogP) is 3.67. The fraction of sp³-hybridized carbons (Fsp3) is 0.500. The molecule has 188 valence electrons. The summed E-state index contributed by atoms with van der Waals surface area (Å²) in [5.41, 5.74) is 7.47. The molecule has 0 aromatic heterocycles. The first-order chi connectivity index (χ1) is 16.1. The maximum atomic E-state index is 13.1. The topological polar surface area (TPSA) is 75.6 Å². The average molecular weight is 548 g/mol. The largest absolute Gasteiger partial charge is 0.326 e. The van der Waals surface area contributed by atoms with Gasteiger partial charge in [0.05, 0.1) is 24.5 Å². The van der Waals surface area contributed by atoms with Crippen molar-refractivity contribution in [1.82, 2.24) is 9.80 Å². The van der Waals surface area contributed by atoms with Crippen LogP contribution in [0.15, 0.2) is 60.7 Å². The van der Waals surface area contributed by atoms with Gasteiger partial charge in [-0.2, -0.15) is 0 Å². The molecule has 2 aromatic carbocycles. The minimum atomic E-state index is -2.59. The molecule has 0 saturated carbocycles. The van der Waals surface area contributed by atoms with Gasteiger partial charge in [-0.25, -0.2) is 17.6 Å². The molecule has 2 heterocycles. The van der Waals surface area contributed by atoms with E-state index in [1.807, 2.05) is 30.3 Å². The van der Waals surface area contributed by atoms with E-state index in [1.54, 1.807) is 42.3 Å². The molecule has 35 heavy (non-hydrogen) atoms. The molecule has 6 atom stereocenters. The van der Waals surface area contributed by atoms with Gasteiger partial charge in [0.25, 0.3) is 12.9 Å². The SMILES string of the molecule is CN1C[C@H](N)[C@@H](c2ccccc2)[C@H]1C(F)F.CN1C[C@H]([N+](=O)[O-])[C@@H](c2ccccc2)[C@H]1C(F)F.[Zn]. The summed E-state index contributed by atoms with van der Waals surface area (Å²) in [5, 5.41) is 11.0. The summed E-state index contributed by atoms with van der Waals surface area (Å²) in [4.78, 5) is 13.6. The molecule has 2 fully saturated rings. The fourth-order valence-electron chi connectivity index (χ4n) is 5.24. The van der Waals surface area contributed by atoms with Gasteiger partial charge in [0.2, 0.25) is 6.04 Å². The minimum Gasteiger partial charge on any atom is -0.326 e. The molecule has 2 aromatic rings. The van der Waals surface area contributed by atoms with E-state index in [0.717, 1.165) is 5.56 Å². The van der Waals surface area contributed by atoms with Crippen LogP contribution < -0.4 is 5.73 Å². The number of likely N-dealkylation sites (N-methyl/N-ethyl adjacent to an activating group) is 2. The van der Waals surface area contributed by atoms with Crippen LogP contribution in [0, 0.1) is 10.1 Å². The molecule has 2 aliphatic rings. The molecule has 2 N–H and O–H groups in total. The van der Waals surface area contributed by atoms with Gasteiger partial charge in [-0.15, -0.1) is 0 Å². The van der Waals surface area contributed by atoms with Gasteiger partial charge in [-0.05, 0) is 25.2 Å². The monoisotopic (exact) mass is 546 g/mol. The summed E-state index contributed by atoms with van der Waals surface area (Å²) in [6, 6.07) is 14.9. The first kappa shape index (κ1) is 29.3. The molecule has 2 aliphatic heterocycles. The van der Waals surface area contributed by atoms with Crippen LogP contribution in [0.4, 0.5) is 17.6 Å². The zero-order valence-electron chi connectivity index (χ0n) is 19.8. The summed E-state index contributed by atoms with van der Waals surface area (Å²) < 4.78 is 52.2. The molecule has 4 rings (SSSR count). The van der Waals surface area contributed by atoms with Crippen LogP contribution in [0.3, 0.4) is 0 Å². The van der Waals surface area contributed by atoms with Crippen LogP contribution in [-0.4, -0.2) is 78.9 Å². The number of hydrogen-bond donors (Lipinski definition) is 1. The molecule has 0 radical (unpaired) electrons. The van der Waals surface area contributed by atoms with Gasteiger partial charge in [0.1, 0.15) is 0 Å². The van der Waals surface area contributed by atoms with Crippen LogP contribution >= 0.6 is 0 Å². The number of alkyl halides is 4. The molecule has 11 heteroatoms. The van der Waals surface area contributed by atoms with Crippen LogP contribution in [0.1, 0.15) is 23.0 Å². The summed E-state index contributed by atoms with van der Waals surface area (Å²) in [7, 11) is 3.22. The number of nitrogens with zero attached hydrogens (tertiary/aromatic N) is 3. The van der Waals surface area contributed by atoms with Gasteiger partial charge < -0.3 is 5.73 Å². The second-order valence-electron chi connectivity index (χ2n) is 8.92. The normalized spacial score (nSPS) is 29.1. The Balaban J connectivity index is 0.000000241. The Hall–Kier alpha value is -1.94. The van der Waals surface area contributed by atoms with Gasteiger partial charge >= 0.3 is 0 Å². The third-order valence-electron chi connectivity index (χ3n) is 6.76. The number of nitrogens with two attached hydrogens (primary N) is 1. The summed E-state index contributed by atoms with van der Waals surface area (Å²) in [6.07, 6.45) is -4.95. The molecular weight excluding hydrogens is 518 g/mol. The van der Waals surface area contributed by atoms with Gasteiger partial charge in [-0.3, -0.25) is 19.9 Å². The summed E-state index contributed by atoms with van der Waals surface area (Å²) in [6.45, 7) is 0.579. The smallest absolute Gasteiger partial charge is 0.254 e. The predicted molar refractivity (Wildman–Crippen MR) is 122 cm³/mol. The number of hydrogen-bond acceptors (Lipinski definition) is 5. The molecule has 0 unspecified atom stereocenters. The van der Waals surface area contributed by atoms with E-state index in [1.165, 1.54) is 11.9 Å². The van der Waals surface area contributed by atoms with Crippen LogP contribution in [0.25, 0.3) is 0 Å². The van der Waals surface area contributed by atoms with Crippen molar-refractivity contribution in [3.05, 3.63) is 81.9 Å². The van der Waals surface area contributed by atoms with E-state index in [4.69, 9.17) is 5.73 Å². The average Bonchev–Trinajstić information content (AvgIpc) is 3.31. The Kier molecular flexibility index (Phi) is 10.8. The second-order valence-corrected chi connectivity index (χ2v) is 8.92. The fourth-order valence-corrected chi connectivity index (χ4v) is 5.24. The standard InChI is InChI=1S/C12H14F2N2O2.C12H16F2N2.Zn/c1-15-7-9(16(17)18)10(11(15)12(13)14)8-5-3-2-4-6-8;1-16-7-9(15)10(11(16)12(13)14)8-5-3-2-4-6-8;/h2-6,9-12H,7H2,1H3;2-6,9-12H,7,15H2,1H3;/t2*9-,10+,11-;/m00./s1. The van der Waals surface area contributed by atoms with E-state index < -0.39 is 41.8 Å². The van der Waals surface area contributed by atoms with Crippen LogP contribution in [-0.2, 0) is 19.5 Å². The molecule has 2 saturated heterocycles. The summed E-state index contributed by atoms with van der Waals surface area (Å²) in [5.74, 6) is -1.03. The van der Waals surface area contributed by atoms with E-state index in [9.17, 15) is 27.7 Å². The number of nitro groups is 1. The molecule has 0 bridgehead atoms. The quantitative estimate of drug-likeness (QED) is 0.268. The Bertz CT molecular complexity index is 928. The third kappa shape index (κ3) is 6.64. The number of rotatable bonds is 5. The van der Waals surface area contributed by atoms with Crippen molar-refractivity contribution in [2.45, 2.75) is 48.9 Å². The van der Waals surface area contributed by atoms with Crippen LogP contribution in [0.2, 0.25) is 0 Å². The van der Waals surface area contributed by atoms with E-state index >= 15 is 0 Å². The third-order valence-corrected chi connectivity index (χ3v) is 6.76. The van der Waals surface area contributed by atoms with E-state index in [-0.39, 0.29) is 38.0 Å². The maximum absolute atomic E-state index is 13.1. The van der Waals surface area contributed by atoms with Gasteiger partial charge in [0.15, 0.2) is 0 Å². The first-order valence-corrected chi connectivity index (χ1v) is 11.1. The molecule has 0 spiro atoms. The van der Waals surface area contributed by atoms with Crippen molar-refractivity contribution in [1.29, 1.82) is 0 Å². The molecule has 0 aliphatic carbocycles. The second kappa shape index (κ2) is 12.9. The Morgan fingerprint density at radius 2 is 1.23 bits per heavy atom. The molecule has 6 nitrogen and oxygen atoms in total. The Morgan fingerprint density at radius 3 is 1.66 bits per heavy atom. The molecule has 0 amide bonds. The van der Waals surface area contributed by atoms with Crippen molar-refractivity contribution in [2.24, 2.45) is 5.73 Å². The Labute approximate surface area is 215 Å². The van der Waals surface area contributed by atoms with Gasteiger partial charge in [0, 0.05) is 42.9 Å². The minimum absolute atomic E-state index is 0. The number of benzene rings is 2. The van der Waals surface area contributed by atoms with Crippen molar-refractivity contribution in [3.8, 4) is 0 Å².